The maximum atomic E-state index is 6.34. The third kappa shape index (κ3) is 3.26. The molecule has 1 saturated heterocycles. The molecule has 1 aliphatic rings. The number of likely N-dealkylation sites (tertiary alicyclic amines) is 1. The van der Waals surface area contributed by atoms with Crippen LogP contribution in [0.2, 0.25) is 0 Å². The van der Waals surface area contributed by atoms with Crippen molar-refractivity contribution in [3.8, 4) is 5.75 Å². The van der Waals surface area contributed by atoms with E-state index in [0.717, 1.165) is 25.4 Å². The molecule has 0 amide bonds. The number of rotatable bonds is 4. The smallest absolute Gasteiger partial charge is 0.119 e. The first kappa shape index (κ1) is 14.1. The summed E-state index contributed by atoms with van der Waals surface area (Å²) < 4.78 is 5.29. The molecule has 1 heterocycles. The molecule has 0 aromatic heterocycles. The largest absolute Gasteiger partial charge is 0.497 e. The van der Waals surface area contributed by atoms with Crippen molar-refractivity contribution in [1.82, 2.24) is 4.90 Å². The summed E-state index contributed by atoms with van der Waals surface area (Å²) in [6.45, 7) is 2.88. The van der Waals surface area contributed by atoms with Crippen LogP contribution in [0.5, 0.6) is 5.75 Å². The summed E-state index contributed by atoms with van der Waals surface area (Å²) >= 11 is 0. The number of nitrogens with two attached hydrogens (primary N) is 1. The van der Waals surface area contributed by atoms with E-state index >= 15 is 0 Å². The molecule has 2 aromatic carbocycles. The second kappa shape index (κ2) is 6.29. The Morgan fingerprint density at radius 3 is 2.67 bits per heavy atom. The van der Waals surface area contributed by atoms with Crippen molar-refractivity contribution in [2.24, 2.45) is 5.73 Å². The van der Waals surface area contributed by atoms with Gasteiger partial charge in [0.25, 0.3) is 0 Å². The van der Waals surface area contributed by atoms with Crippen LogP contribution in [0.1, 0.15) is 17.0 Å². The Balaban J connectivity index is 1.68. The standard InChI is InChI=1S/C18H22N2O/c1-21-16-9-5-6-14(10-16)11-20-12-17(18(19)13-20)15-7-3-2-4-8-15/h2-10,17-18H,11-13,19H2,1H3/t17-,18+/m0/s1. The Morgan fingerprint density at radius 1 is 1.10 bits per heavy atom. The molecule has 3 heteroatoms. The highest BCUT2D eigenvalue weighted by Crippen LogP contribution is 2.27. The van der Waals surface area contributed by atoms with E-state index in [9.17, 15) is 0 Å². The lowest BCUT2D eigenvalue weighted by Gasteiger charge is -2.16. The average molecular weight is 282 g/mol. The Labute approximate surface area is 126 Å². The minimum atomic E-state index is 0.206. The summed E-state index contributed by atoms with van der Waals surface area (Å²) in [4.78, 5) is 2.43. The van der Waals surface area contributed by atoms with Gasteiger partial charge < -0.3 is 10.5 Å². The molecule has 0 aliphatic carbocycles. The van der Waals surface area contributed by atoms with E-state index in [-0.39, 0.29) is 6.04 Å². The number of hydrogen-bond donors (Lipinski definition) is 1. The molecular formula is C18H22N2O. The Morgan fingerprint density at radius 2 is 1.90 bits per heavy atom. The van der Waals surface area contributed by atoms with E-state index in [1.54, 1.807) is 7.11 Å². The van der Waals surface area contributed by atoms with Crippen LogP contribution in [0.25, 0.3) is 0 Å². The van der Waals surface area contributed by atoms with E-state index in [2.05, 4.69) is 47.4 Å². The van der Waals surface area contributed by atoms with Gasteiger partial charge in [-0.25, -0.2) is 0 Å². The van der Waals surface area contributed by atoms with E-state index in [0.29, 0.717) is 5.92 Å². The van der Waals surface area contributed by atoms with Gasteiger partial charge in [0, 0.05) is 31.6 Å². The third-order valence-electron chi connectivity index (χ3n) is 4.21. The topological polar surface area (TPSA) is 38.5 Å². The highest BCUT2D eigenvalue weighted by Gasteiger charge is 2.30. The van der Waals surface area contributed by atoms with E-state index in [1.807, 2.05) is 12.1 Å². The molecule has 0 unspecified atom stereocenters. The van der Waals surface area contributed by atoms with Gasteiger partial charge in [0.1, 0.15) is 5.75 Å². The number of hydrogen-bond acceptors (Lipinski definition) is 3. The zero-order valence-corrected chi connectivity index (χ0v) is 12.4. The molecule has 2 N–H and O–H groups in total. The predicted octanol–water partition coefficient (Wildman–Crippen LogP) is 2.62. The SMILES string of the molecule is COc1cccc(CN2C[C@@H](N)[C@H](c3ccccc3)C2)c1. The van der Waals surface area contributed by atoms with Gasteiger partial charge in [-0.15, -0.1) is 0 Å². The van der Waals surface area contributed by atoms with E-state index in [4.69, 9.17) is 10.5 Å². The summed E-state index contributed by atoms with van der Waals surface area (Å²) in [7, 11) is 1.70. The summed E-state index contributed by atoms with van der Waals surface area (Å²) in [5.41, 5.74) is 8.96. The summed E-state index contributed by atoms with van der Waals surface area (Å²) in [5, 5.41) is 0. The van der Waals surface area contributed by atoms with Crippen LogP contribution < -0.4 is 10.5 Å². The van der Waals surface area contributed by atoms with Crippen molar-refractivity contribution in [2.45, 2.75) is 18.5 Å². The van der Waals surface area contributed by atoms with Crippen molar-refractivity contribution in [3.05, 3.63) is 65.7 Å². The van der Waals surface area contributed by atoms with Crippen LogP contribution in [-0.2, 0) is 6.54 Å². The molecule has 0 bridgehead atoms. The van der Waals surface area contributed by atoms with Crippen LogP contribution in [-0.4, -0.2) is 31.1 Å². The molecule has 3 nitrogen and oxygen atoms in total. The average Bonchev–Trinajstić information content (AvgIpc) is 2.89. The first-order valence-corrected chi connectivity index (χ1v) is 7.42. The zero-order chi connectivity index (χ0) is 14.7. The fraction of sp³-hybridized carbons (Fsp3) is 0.333. The summed E-state index contributed by atoms with van der Waals surface area (Å²) in [6, 6.07) is 19.1. The lowest BCUT2D eigenvalue weighted by Crippen LogP contribution is -2.28. The summed E-state index contributed by atoms with van der Waals surface area (Å²) in [5.74, 6) is 1.34. The van der Waals surface area contributed by atoms with Crippen LogP contribution in [0.15, 0.2) is 54.6 Å². The van der Waals surface area contributed by atoms with Gasteiger partial charge >= 0.3 is 0 Å². The normalized spacial score (nSPS) is 22.4. The Hall–Kier alpha value is -1.84. The highest BCUT2D eigenvalue weighted by molar-refractivity contribution is 5.29. The second-order valence-corrected chi connectivity index (χ2v) is 5.73. The van der Waals surface area contributed by atoms with Crippen molar-refractivity contribution < 1.29 is 4.74 Å². The van der Waals surface area contributed by atoms with Crippen molar-refractivity contribution in [2.75, 3.05) is 20.2 Å². The first-order chi connectivity index (χ1) is 10.3. The molecule has 0 saturated carbocycles. The maximum Gasteiger partial charge on any atom is 0.119 e. The first-order valence-electron chi connectivity index (χ1n) is 7.42. The Kier molecular flexibility index (Phi) is 4.23. The van der Waals surface area contributed by atoms with Gasteiger partial charge in [-0.1, -0.05) is 42.5 Å². The van der Waals surface area contributed by atoms with Crippen LogP contribution in [0.4, 0.5) is 0 Å². The second-order valence-electron chi connectivity index (χ2n) is 5.73. The molecule has 0 spiro atoms. The number of ether oxygens (including phenoxy) is 1. The molecule has 2 aromatic rings. The fourth-order valence-electron chi connectivity index (χ4n) is 3.12. The van der Waals surface area contributed by atoms with Gasteiger partial charge in [0.2, 0.25) is 0 Å². The van der Waals surface area contributed by atoms with Crippen LogP contribution >= 0.6 is 0 Å². The van der Waals surface area contributed by atoms with E-state index < -0.39 is 0 Å². The number of benzene rings is 2. The molecule has 1 aliphatic heterocycles. The quantitative estimate of drug-likeness (QED) is 0.937. The van der Waals surface area contributed by atoms with Gasteiger partial charge in [0.05, 0.1) is 7.11 Å². The molecule has 21 heavy (non-hydrogen) atoms. The number of nitrogens with zero attached hydrogens (tertiary/aromatic N) is 1. The summed E-state index contributed by atoms with van der Waals surface area (Å²) in [6.07, 6.45) is 0. The molecule has 0 radical (unpaired) electrons. The molecular weight excluding hydrogens is 260 g/mol. The zero-order valence-electron chi connectivity index (χ0n) is 12.4. The Bertz CT molecular complexity index is 585. The molecule has 1 fully saturated rings. The molecule has 3 rings (SSSR count). The van der Waals surface area contributed by atoms with E-state index in [1.165, 1.54) is 11.1 Å². The van der Waals surface area contributed by atoms with Gasteiger partial charge in [-0.05, 0) is 23.3 Å². The van der Waals surface area contributed by atoms with Gasteiger partial charge in [-0.3, -0.25) is 4.90 Å². The minimum absolute atomic E-state index is 0.206. The highest BCUT2D eigenvalue weighted by atomic mass is 16.5. The fourth-order valence-corrected chi connectivity index (χ4v) is 3.12. The maximum absolute atomic E-state index is 6.34. The van der Waals surface area contributed by atoms with Crippen LogP contribution in [0, 0.1) is 0 Å². The lowest BCUT2D eigenvalue weighted by atomic mass is 9.95. The predicted molar refractivity (Wildman–Crippen MR) is 85.4 cm³/mol. The van der Waals surface area contributed by atoms with Gasteiger partial charge in [-0.2, -0.15) is 0 Å². The number of methoxy groups -OCH3 is 1. The van der Waals surface area contributed by atoms with Crippen molar-refractivity contribution >= 4 is 0 Å². The monoisotopic (exact) mass is 282 g/mol. The minimum Gasteiger partial charge on any atom is -0.497 e. The van der Waals surface area contributed by atoms with Crippen molar-refractivity contribution in [1.29, 1.82) is 0 Å². The van der Waals surface area contributed by atoms with Gasteiger partial charge in [0.15, 0.2) is 0 Å². The third-order valence-corrected chi connectivity index (χ3v) is 4.21. The van der Waals surface area contributed by atoms with Crippen molar-refractivity contribution in [3.63, 3.8) is 0 Å². The van der Waals surface area contributed by atoms with Crippen LogP contribution in [0.3, 0.4) is 0 Å². The molecule has 2 atom stereocenters. The molecule has 110 valence electrons. The lowest BCUT2D eigenvalue weighted by molar-refractivity contribution is 0.323.